The topological polar surface area (TPSA) is 37.4 Å². The fraction of sp³-hybridized carbons (Fsp3) is 0.667. The van der Waals surface area contributed by atoms with Gasteiger partial charge in [-0.25, -0.2) is 8.42 Å². The zero-order chi connectivity index (χ0) is 15.6. The first-order chi connectivity index (χ1) is 10.6. The van der Waals surface area contributed by atoms with E-state index in [4.69, 9.17) is 0 Å². The highest BCUT2D eigenvalue weighted by Crippen LogP contribution is 2.33. The summed E-state index contributed by atoms with van der Waals surface area (Å²) >= 11 is 0. The van der Waals surface area contributed by atoms with Crippen LogP contribution in [0.2, 0.25) is 0 Å². The van der Waals surface area contributed by atoms with Crippen molar-refractivity contribution < 1.29 is 8.42 Å². The third-order valence-corrected chi connectivity index (χ3v) is 7.09. The van der Waals surface area contributed by atoms with Crippen LogP contribution in [0.1, 0.15) is 63.4 Å². The molecule has 3 nitrogen and oxygen atoms in total. The second kappa shape index (κ2) is 6.71. The predicted molar refractivity (Wildman–Crippen MR) is 89.4 cm³/mol. The Hall–Kier alpha value is -0.870. The quantitative estimate of drug-likeness (QED) is 0.838. The number of nitrogens with zero attached hydrogens (tertiary/aromatic N) is 1. The van der Waals surface area contributed by atoms with Gasteiger partial charge < -0.3 is 0 Å². The van der Waals surface area contributed by atoms with E-state index < -0.39 is 10.0 Å². The molecule has 4 heteroatoms. The number of hydrogen-bond donors (Lipinski definition) is 0. The molecule has 0 aromatic heterocycles. The van der Waals surface area contributed by atoms with E-state index in [1.165, 1.54) is 37.7 Å². The van der Waals surface area contributed by atoms with Gasteiger partial charge in [-0.3, -0.25) is 0 Å². The highest BCUT2D eigenvalue weighted by atomic mass is 32.2. The maximum Gasteiger partial charge on any atom is 0.243 e. The molecule has 2 aliphatic rings. The van der Waals surface area contributed by atoms with E-state index in [-0.39, 0.29) is 0 Å². The first-order valence-corrected chi connectivity index (χ1v) is 10.1. The summed E-state index contributed by atoms with van der Waals surface area (Å²) in [6, 6.07) is 7.71. The highest BCUT2D eigenvalue weighted by Gasteiger charge is 2.28. The first-order valence-electron chi connectivity index (χ1n) is 8.67. The van der Waals surface area contributed by atoms with Crippen molar-refractivity contribution >= 4 is 10.0 Å². The molecule has 1 saturated carbocycles. The Morgan fingerprint density at radius 1 is 0.955 bits per heavy atom. The summed E-state index contributed by atoms with van der Waals surface area (Å²) in [6.45, 7) is 3.46. The van der Waals surface area contributed by atoms with Crippen LogP contribution < -0.4 is 0 Å². The average molecular weight is 321 g/mol. The summed E-state index contributed by atoms with van der Waals surface area (Å²) in [4.78, 5) is 0.459. The van der Waals surface area contributed by atoms with Gasteiger partial charge >= 0.3 is 0 Å². The molecule has 1 saturated heterocycles. The lowest BCUT2D eigenvalue weighted by Crippen LogP contribution is -2.39. The number of piperidine rings is 1. The molecule has 0 N–H and O–H groups in total. The van der Waals surface area contributed by atoms with Crippen molar-refractivity contribution in [1.29, 1.82) is 0 Å². The zero-order valence-electron chi connectivity index (χ0n) is 13.5. The molecular formula is C18H27NO2S. The molecule has 3 rings (SSSR count). The van der Waals surface area contributed by atoms with Gasteiger partial charge in [-0.15, -0.1) is 0 Å². The van der Waals surface area contributed by atoms with Crippen molar-refractivity contribution in [3.63, 3.8) is 0 Å². The van der Waals surface area contributed by atoms with Crippen LogP contribution in [0.4, 0.5) is 0 Å². The molecule has 1 aromatic carbocycles. The summed E-state index contributed by atoms with van der Waals surface area (Å²) in [6.07, 6.45) is 8.54. The summed E-state index contributed by atoms with van der Waals surface area (Å²) in [5.74, 6) is 1.09. The molecule has 0 spiro atoms. The molecule has 1 atom stereocenters. The van der Waals surface area contributed by atoms with Gasteiger partial charge in [0, 0.05) is 13.1 Å². The fourth-order valence-electron chi connectivity index (χ4n) is 3.86. The fourth-order valence-corrected chi connectivity index (χ4v) is 5.46. The van der Waals surface area contributed by atoms with Crippen molar-refractivity contribution in [2.45, 2.75) is 62.7 Å². The van der Waals surface area contributed by atoms with Gasteiger partial charge in [-0.2, -0.15) is 4.31 Å². The molecule has 1 heterocycles. The predicted octanol–water partition coefficient (Wildman–Crippen LogP) is 4.15. The van der Waals surface area contributed by atoms with Crippen LogP contribution in [-0.2, 0) is 10.0 Å². The zero-order valence-corrected chi connectivity index (χ0v) is 14.3. The van der Waals surface area contributed by atoms with Gasteiger partial charge in [0.15, 0.2) is 0 Å². The summed E-state index contributed by atoms with van der Waals surface area (Å²) in [5, 5.41) is 0. The van der Waals surface area contributed by atoms with Gasteiger partial charge in [0.2, 0.25) is 10.0 Å². The Morgan fingerprint density at radius 3 is 2.27 bits per heavy atom. The largest absolute Gasteiger partial charge is 0.243 e. The van der Waals surface area contributed by atoms with Gasteiger partial charge in [-0.1, -0.05) is 38.3 Å². The van der Waals surface area contributed by atoms with E-state index in [1.807, 2.05) is 24.3 Å². The Kier molecular flexibility index (Phi) is 4.88. The van der Waals surface area contributed by atoms with Crippen molar-refractivity contribution in [3.8, 4) is 0 Å². The average Bonchev–Trinajstić information content (AvgIpc) is 2.56. The van der Waals surface area contributed by atoms with Crippen LogP contribution in [0, 0.1) is 5.92 Å². The van der Waals surface area contributed by atoms with Gasteiger partial charge in [0.1, 0.15) is 0 Å². The van der Waals surface area contributed by atoms with Crippen LogP contribution >= 0.6 is 0 Å². The van der Waals surface area contributed by atoms with Crippen LogP contribution in [0.25, 0.3) is 0 Å². The van der Waals surface area contributed by atoms with Crippen molar-refractivity contribution in [1.82, 2.24) is 4.31 Å². The summed E-state index contributed by atoms with van der Waals surface area (Å²) in [7, 11) is -3.31. The van der Waals surface area contributed by atoms with E-state index in [0.717, 1.165) is 12.8 Å². The van der Waals surface area contributed by atoms with Crippen LogP contribution in [0.5, 0.6) is 0 Å². The molecule has 0 bridgehead atoms. The Balaban J connectivity index is 1.76. The standard InChI is InChI=1S/C18H27NO2S/c1-15-6-5-13-19(14-15)22(20,21)18-11-9-17(10-12-18)16-7-3-2-4-8-16/h9-12,15-16H,2-8,13-14H2,1H3. The molecule has 0 radical (unpaired) electrons. The van der Waals surface area contributed by atoms with Crippen molar-refractivity contribution in [2.24, 2.45) is 5.92 Å². The van der Waals surface area contributed by atoms with Crippen LogP contribution in [-0.4, -0.2) is 25.8 Å². The maximum atomic E-state index is 12.7. The minimum Gasteiger partial charge on any atom is -0.207 e. The second-order valence-corrected chi connectivity index (χ2v) is 8.95. The van der Waals surface area contributed by atoms with Gasteiger partial charge in [0.05, 0.1) is 4.90 Å². The minimum absolute atomic E-state index is 0.459. The lowest BCUT2D eigenvalue weighted by molar-refractivity contribution is 0.281. The van der Waals surface area contributed by atoms with E-state index in [1.54, 1.807) is 4.31 Å². The van der Waals surface area contributed by atoms with Crippen molar-refractivity contribution in [2.75, 3.05) is 13.1 Å². The molecule has 1 aliphatic heterocycles. The maximum absolute atomic E-state index is 12.7. The third-order valence-electron chi connectivity index (χ3n) is 5.21. The molecule has 1 aliphatic carbocycles. The van der Waals surface area contributed by atoms with Crippen LogP contribution in [0.15, 0.2) is 29.2 Å². The Morgan fingerprint density at radius 2 is 1.64 bits per heavy atom. The Labute approximate surface area is 134 Å². The third kappa shape index (κ3) is 3.38. The lowest BCUT2D eigenvalue weighted by Gasteiger charge is -2.30. The smallest absolute Gasteiger partial charge is 0.207 e. The molecule has 122 valence electrons. The van der Waals surface area contributed by atoms with E-state index in [2.05, 4.69) is 6.92 Å². The Bertz CT molecular complexity index is 588. The molecule has 22 heavy (non-hydrogen) atoms. The summed E-state index contributed by atoms with van der Waals surface area (Å²) < 4.78 is 27.2. The molecule has 0 amide bonds. The monoisotopic (exact) mass is 321 g/mol. The number of sulfonamides is 1. The molecule has 1 aromatic rings. The molecular weight excluding hydrogens is 294 g/mol. The van der Waals surface area contributed by atoms with E-state index in [0.29, 0.717) is 29.8 Å². The molecule has 1 unspecified atom stereocenters. The first kappa shape index (κ1) is 16.0. The SMILES string of the molecule is CC1CCCN(S(=O)(=O)c2ccc(C3CCCCC3)cc2)C1. The lowest BCUT2D eigenvalue weighted by atomic mass is 9.84. The van der Waals surface area contributed by atoms with Gasteiger partial charge in [-0.05, 0) is 55.2 Å². The van der Waals surface area contributed by atoms with Gasteiger partial charge in [0.25, 0.3) is 0 Å². The van der Waals surface area contributed by atoms with Crippen molar-refractivity contribution in [3.05, 3.63) is 29.8 Å². The normalized spacial score (nSPS) is 25.2. The number of rotatable bonds is 3. The van der Waals surface area contributed by atoms with E-state index in [9.17, 15) is 8.42 Å². The minimum atomic E-state index is -3.31. The van der Waals surface area contributed by atoms with Crippen LogP contribution in [0.3, 0.4) is 0 Å². The number of benzene rings is 1. The second-order valence-electron chi connectivity index (χ2n) is 7.01. The molecule has 2 fully saturated rings. The van der Waals surface area contributed by atoms with E-state index >= 15 is 0 Å². The highest BCUT2D eigenvalue weighted by molar-refractivity contribution is 7.89. The summed E-state index contributed by atoms with van der Waals surface area (Å²) in [5.41, 5.74) is 1.31. The number of hydrogen-bond acceptors (Lipinski definition) is 2.